The van der Waals surface area contributed by atoms with Crippen LogP contribution in [0.2, 0.25) is 0 Å². The molecule has 0 radical (unpaired) electrons. The van der Waals surface area contributed by atoms with Crippen LogP contribution in [0.4, 0.5) is 0 Å². The molecule has 1 saturated heterocycles. The number of cyclic esters (lactones) is 1. The van der Waals surface area contributed by atoms with Crippen molar-refractivity contribution in [2.75, 3.05) is 7.11 Å². The van der Waals surface area contributed by atoms with Crippen molar-refractivity contribution >= 4 is 11.8 Å². The maximum absolute atomic E-state index is 12.0. The molecule has 1 atom stereocenters. The van der Waals surface area contributed by atoms with Crippen molar-refractivity contribution in [3.8, 4) is 11.5 Å². The second kappa shape index (κ2) is 6.83. The highest BCUT2D eigenvalue weighted by atomic mass is 16.6. The van der Waals surface area contributed by atoms with Crippen LogP contribution in [0.3, 0.4) is 0 Å². The number of phenols is 1. The minimum atomic E-state index is -0.659. The maximum Gasteiger partial charge on any atom is 0.313 e. The van der Waals surface area contributed by atoms with E-state index >= 15 is 0 Å². The zero-order valence-electron chi connectivity index (χ0n) is 14.0. The van der Waals surface area contributed by atoms with Crippen molar-refractivity contribution in [3.05, 3.63) is 23.8 Å². The van der Waals surface area contributed by atoms with E-state index in [0.717, 1.165) is 31.2 Å². The van der Waals surface area contributed by atoms with Gasteiger partial charge in [-0.3, -0.25) is 9.59 Å². The Morgan fingerprint density at radius 2 is 2.04 bits per heavy atom. The Balaban J connectivity index is 1.79. The summed E-state index contributed by atoms with van der Waals surface area (Å²) in [6.45, 7) is 0. The predicted molar refractivity (Wildman–Crippen MR) is 88.0 cm³/mol. The molecule has 0 spiro atoms. The van der Waals surface area contributed by atoms with Crippen molar-refractivity contribution in [1.82, 2.24) is 0 Å². The third kappa shape index (κ3) is 3.40. The first kappa shape index (κ1) is 16.8. The normalized spacial score (nSPS) is 24.9. The molecule has 1 unspecified atom stereocenters. The first-order valence-corrected chi connectivity index (χ1v) is 8.62. The molecule has 1 heterocycles. The van der Waals surface area contributed by atoms with Crippen molar-refractivity contribution in [3.63, 3.8) is 0 Å². The molecule has 1 saturated carbocycles. The standard InChI is InChI=1S/C19H24O5/c1-23-17-10-13(6-7-16(17)21)8-9-19(14-4-2-3-5-14)12-15(20)11-18(22)24-19/h6-7,10,14,21H,2-5,8-9,11-12H2,1H3. The average molecular weight is 332 g/mol. The lowest BCUT2D eigenvalue weighted by Crippen LogP contribution is -2.48. The number of ketones is 1. The molecule has 0 aromatic heterocycles. The van der Waals surface area contributed by atoms with Crippen molar-refractivity contribution < 1.29 is 24.2 Å². The van der Waals surface area contributed by atoms with Crippen LogP contribution in [0, 0.1) is 5.92 Å². The van der Waals surface area contributed by atoms with Crippen LogP contribution in [-0.4, -0.2) is 29.6 Å². The Morgan fingerprint density at radius 3 is 2.71 bits per heavy atom. The Kier molecular flexibility index (Phi) is 4.78. The fourth-order valence-corrected chi connectivity index (χ4v) is 4.11. The molecule has 5 nitrogen and oxygen atoms in total. The number of phenolic OH excluding ortho intramolecular Hbond substituents is 1. The highest BCUT2D eigenvalue weighted by Crippen LogP contribution is 2.44. The number of hydrogen-bond acceptors (Lipinski definition) is 5. The van der Waals surface area contributed by atoms with Gasteiger partial charge in [0.15, 0.2) is 11.5 Å². The third-order valence-electron chi connectivity index (χ3n) is 5.34. The molecule has 0 amide bonds. The maximum atomic E-state index is 12.0. The Morgan fingerprint density at radius 1 is 1.29 bits per heavy atom. The Hall–Kier alpha value is -2.04. The fraction of sp³-hybridized carbons (Fsp3) is 0.579. The van der Waals surface area contributed by atoms with Gasteiger partial charge < -0.3 is 14.6 Å². The zero-order valence-corrected chi connectivity index (χ0v) is 14.0. The van der Waals surface area contributed by atoms with E-state index in [1.165, 1.54) is 7.11 Å². The molecule has 1 aromatic carbocycles. The second-order valence-electron chi connectivity index (χ2n) is 6.92. The summed E-state index contributed by atoms with van der Waals surface area (Å²) in [7, 11) is 1.51. The van der Waals surface area contributed by atoms with Crippen molar-refractivity contribution in [1.29, 1.82) is 0 Å². The van der Waals surface area contributed by atoms with Gasteiger partial charge in [-0.1, -0.05) is 18.9 Å². The monoisotopic (exact) mass is 332 g/mol. The van der Waals surface area contributed by atoms with Crippen LogP contribution in [-0.2, 0) is 20.7 Å². The number of ether oxygens (including phenoxy) is 2. The van der Waals surface area contributed by atoms with Gasteiger partial charge in [0.25, 0.3) is 0 Å². The summed E-state index contributed by atoms with van der Waals surface area (Å²) < 4.78 is 10.9. The molecule has 2 fully saturated rings. The van der Waals surface area contributed by atoms with Crippen molar-refractivity contribution in [2.45, 2.75) is 57.0 Å². The highest BCUT2D eigenvalue weighted by molar-refractivity contribution is 5.98. The number of benzene rings is 1. The van der Waals surface area contributed by atoms with E-state index in [0.29, 0.717) is 25.0 Å². The second-order valence-corrected chi connectivity index (χ2v) is 6.92. The molecule has 1 aliphatic heterocycles. The molecule has 3 rings (SSSR count). The molecule has 5 heteroatoms. The number of Topliss-reactive ketones (excluding diaryl/α,β-unsaturated/α-hetero) is 1. The molecular formula is C19H24O5. The van der Waals surface area contributed by atoms with Gasteiger partial charge in [0.1, 0.15) is 17.8 Å². The number of aromatic hydroxyl groups is 1. The molecule has 1 aliphatic carbocycles. The highest BCUT2D eigenvalue weighted by Gasteiger charge is 2.47. The minimum Gasteiger partial charge on any atom is -0.504 e. The van der Waals surface area contributed by atoms with E-state index < -0.39 is 5.60 Å². The third-order valence-corrected chi connectivity index (χ3v) is 5.34. The molecule has 130 valence electrons. The van der Waals surface area contributed by atoms with Gasteiger partial charge in [-0.05, 0) is 49.3 Å². The molecule has 1 N–H and O–H groups in total. The van der Waals surface area contributed by atoms with Crippen LogP contribution in [0.5, 0.6) is 11.5 Å². The van der Waals surface area contributed by atoms with Gasteiger partial charge >= 0.3 is 5.97 Å². The van der Waals surface area contributed by atoms with E-state index in [-0.39, 0.29) is 29.8 Å². The SMILES string of the molecule is COc1cc(CCC2(C3CCCC3)CC(=O)CC(=O)O2)ccc1O. The van der Waals surface area contributed by atoms with Gasteiger partial charge in [0.2, 0.25) is 0 Å². The molecular weight excluding hydrogens is 308 g/mol. The number of carbonyl (C=O) groups excluding carboxylic acids is 2. The number of aryl methyl sites for hydroxylation is 1. The molecule has 1 aromatic rings. The quantitative estimate of drug-likeness (QED) is 0.662. The summed E-state index contributed by atoms with van der Waals surface area (Å²) in [5.74, 6) is 0.401. The zero-order chi connectivity index (χ0) is 17.2. The lowest BCUT2D eigenvalue weighted by molar-refractivity contribution is -0.178. The van der Waals surface area contributed by atoms with E-state index in [9.17, 15) is 14.7 Å². The summed E-state index contributed by atoms with van der Waals surface area (Å²) in [4.78, 5) is 24.0. The van der Waals surface area contributed by atoms with Gasteiger partial charge in [0, 0.05) is 6.42 Å². The van der Waals surface area contributed by atoms with E-state index in [1.807, 2.05) is 6.07 Å². The summed E-state index contributed by atoms with van der Waals surface area (Å²) in [5.41, 5.74) is 0.338. The Labute approximate surface area is 142 Å². The summed E-state index contributed by atoms with van der Waals surface area (Å²) in [6.07, 6.45) is 5.83. The summed E-state index contributed by atoms with van der Waals surface area (Å²) >= 11 is 0. The van der Waals surface area contributed by atoms with Gasteiger partial charge in [0.05, 0.1) is 7.11 Å². The number of rotatable bonds is 5. The first-order chi connectivity index (χ1) is 11.5. The number of methoxy groups -OCH3 is 1. The largest absolute Gasteiger partial charge is 0.504 e. The van der Waals surface area contributed by atoms with Gasteiger partial charge in [-0.25, -0.2) is 0 Å². The van der Waals surface area contributed by atoms with Gasteiger partial charge in [-0.2, -0.15) is 0 Å². The van der Waals surface area contributed by atoms with E-state index in [2.05, 4.69) is 0 Å². The predicted octanol–water partition coefficient (Wildman–Crippen LogP) is 3.17. The molecule has 0 bridgehead atoms. The van der Waals surface area contributed by atoms with E-state index in [4.69, 9.17) is 9.47 Å². The average Bonchev–Trinajstić information content (AvgIpc) is 3.08. The van der Waals surface area contributed by atoms with Gasteiger partial charge in [-0.15, -0.1) is 0 Å². The van der Waals surface area contributed by atoms with Crippen LogP contribution in [0.1, 0.15) is 50.5 Å². The lowest BCUT2D eigenvalue weighted by atomic mass is 9.76. The van der Waals surface area contributed by atoms with Crippen LogP contribution in [0.25, 0.3) is 0 Å². The number of carbonyl (C=O) groups is 2. The van der Waals surface area contributed by atoms with Crippen LogP contribution in [0.15, 0.2) is 18.2 Å². The minimum absolute atomic E-state index is 0.0126. The van der Waals surface area contributed by atoms with E-state index in [1.54, 1.807) is 12.1 Å². The van der Waals surface area contributed by atoms with Crippen molar-refractivity contribution in [2.24, 2.45) is 5.92 Å². The topological polar surface area (TPSA) is 72.8 Å². The summed E-state index contributed by atoms with van der Waals surface area (Å²) in [5, 5.41) is 9.71. The van der Waals surface area contributed by atoms with Crippen LogP contribution < -0.4 is 4.74 Å². The van der Waals surface area contributed by atoms with Crippen LogP contribution >= 0.6 is 0 Å². The number of esters is 1. The fourth-order valence-electron chi connectivity index (χ4n) is 4.11. The molecule has 24 heavy (non-hydrogen) atoms. The smallest absolute Gasteiger partial charge is 0.313 e. The summed E-state index contributed by atoms with van der Waals surface area (Å²) in [6, 6.07) is 5.24. The first-order valence-electron chi connectivity index (χ1n) is 8.62. The Bertz CT molecular complexity index is 615. The number of hydrogen-bond donors (Lipinski definition) is 1. The molecule has 2 aliphatic rings. The lowest BCUT2D eigenvalue weighted by Gasteiger charge is -2.41.